The van der Waals surface area contributed by atoms with Gasteiger partial charge in [0.2, 0.25) is 0 Å². The first-order valence-corrected chi connectivity index (χ1v) is 7.45. The van der Waals surface area contributed by atoms with Crippen molar-refractivity contribution in [1.29, 1.82) is 0 Å². The molecule has 1 fully saturated rings. The van der Waals surface area contributed by atoms with Gasteiger partial charge < -0.3 is 20.4 Å². The molecule has 0 aromatic heterocycles. The van der Waals surface area contributed by atoms with Gasteiger partial charge in [-0.3, -0.25) is 0 Å². The standard InChI is InChI=1S/C14H19BrN2O3/c1-9-4-5-17(8-13(9)19)14(20)16-7-10-2-3-12(18)11(15)6-10/h2-3,6,9,13,18-19H,4-5,7-8H2,1H3,(H,16,20). The van der Waals surface area contributed by atoms with E-state index in [2.05, 4.69) is 21.2 Å². The molecule has 1 aromatic carbocycles. The van der Waals surface area contributed by atoms with E-state index in [4.69, 9.17) is 0 Å². The first kappa shape index (κ1) is 15.1. The summed E-state index contributed by atoms with van der Waals surface area (Å²) < 4.78 is 0.603. The number of carbonyl (C=O) groups excluding carboxylic acids is 1. The average Bonchev–Trinajstić information content (AvgIpc) is 2.43. The Morgan fingerprint density at radius 1 is 1.55 bits per heavy atom. The molecule has 0 spiro atoms. The highest BCUT2D eigenvalue weighted by Gasteiger charge is 2.26. The molecule has 5 nitrogen and oxygen atoms in total. The Hall–Kier alpha value is -1.27. The molecule has 3 N–H and O–H groups in total. The van der Waals surface area contributed by atoms with Crippen LogP contribution in [0.3, 0.4) is 0 Å². The summed E-state index contributed by atoms with van der Waals surface area (Å²) in [7, 11) is 0. The molecule has 0 radical (unpaired) electrons. The Balaban J connectivity index is 1.87. The molecule has 20 heavy (non-hydrogen) atoms. The molecule has 1 aliphatic heterocycles. The van der Waals surface area contributed by atoms with Crippen LogP contribution in [0.15, 0.2) is 22.7 Å². The minimum Gasteiger partial charge on any atom is -0.507 e. The molecule has 110 valence electrons. The van der Waals surface area contributed by atoms with E-state index in [9.17, 15) is 15.0 Å². The third-order valence-corrected chi connectivity index (χ3v) is 4.30. The van der Waals surface area contributed by atoms with Crippen molar-refractivity contribution in [3.63, 3.8) is 0 Å². The molecule has 0 saturated carbocycles. The summed E-state index contributed by atoms with van der Waals surface area (Å²) in [6.07, 6.45) is 0.372. The predicted octanol–water partition coefficient (Wildman–Crippen LogP) is 2.07. The maximum absolute atomic E-state index is 12.0. The van der Waals surface area contributed by atoms with Gasteiger partial charge in [0.1, 0.15) is 5.75 Å². The molecule has 0 bridgehead atoms. The summed E-state index contributed by atoms with van der Waals surface area (Å²) in [5.41, 5.74) is 0.897. The Morgan fingerprint density at radius 2 is 2.30 bits per heavy atom. The van der Waals surface area contributed by atoms with Gasteiger partial charge in [0.05, 0.1) is 10.6 Å². The van der Waals surface area contributed by atoms with Crippen molar-refractivity contribution in [2.75, 3.05) is 13.1 Å². The largest absolute Gasteiger partial charge is 0.507 e. The second kappa shape index (κ2) is 6.45. The van der Waals surface area contributed by atoms with Gasteiger partial charge >= 0.3 is 6.03 Å². The van der Waals surface area contributed by atoms with Gasteiger partial charge in [-0.1, -0.05) is 13.0 Å². The number of rotatable bonds is 2. The monoisotopic (exact) mass is 342 g/mol. The number of carbonyl (C=O) groups is 1. The zero-order chi connectivity index (χ0) is 14.7. The number of β-amino-alcohol motifs (C(OH)–C–C–N with tert-alkyl or cyclic N) is 1. The van der Waals surface area contributed by atoms with E-state index in [0.29, 0.717) is 24.1 Å². The highest BCUT2D eigenvalue weighted by molar-refractivity contribution is 9.10. The maximum Gasteiger partial charge on any atom is 0.317 e. The first-order valence-electron chi connectivity index (χ1n) is 6.65. The van der Waals surface area contributed by atoms with Crippen LogP contribution >= 0.6 is 15.9 Å². The van der Waals surface area contributed by atoms with Gasteiger partial charge in [-0.2, -0.15) is 0 Å². The average molecular weight is 343 g/mol. The van der Waals surface area contributed by atoms with Crippen molar-refractivity contribution in [1.82, 2.24) is 10.2 Å². The van der Waals surface area contributed by atoms with E-state index in [1.807, 2.05) is 6.92 Å². The highest BCUT2D eigenvalue weighted by atomic mass is 79.9. The lowest BCUT2D eigenvalue weighted by Crippen LogP contribution is -2.49. The molecular weight excluding hydrogens is 324 g/mol. The molecule has 2 amide bonds. The third-order valence-electron chi connectivity index (χ3n) is 3.66. The fourth-order valence-corrected chi connectivity index (χ4v) is 2.61. The lowest BCUT2D eigenvalue weighted by atomic mass is 9.96. The van der Waals surface area contributed by atoms with Crippen LogP contribution in [0.2, 0.25) is 0 Å². The van der Waals surface area contributed by atoms with Crippen molar-refractivity contribution >= 4 is 22.0 Å². The topological polar surface area (TPSA) is 72.8 Å². The fraction of sp³-hybridized carbons (Fsp3) is 0.500. The number of urea groups is 1. The van der Waals surface area contributed by atoms with Crippen molar-refractivity contribution in [2.45, 2.75) is 26.0 Å². The van der Waals surface area contributed by atoms with E-state index in [0.717, 1.165) is 12.0 Å². The van der Waals surface area contributed by atoms with Crippen LogP contribution in [0.5, 0.6) is 5.75 Å². The number of hydrogen-bond donors (Lipinski definition) is 3. The van der Waals surface area contributed by atoms with E-state index in [1.165, 1.54) is 0 Å². The van der Waals surface area contributed by atoms with Crippen molar-refractivity contribution in [3.05, 3.63) is 28.2 Å². The molecular formula is C14H19BrN2O3. The number of likely N-dealkylation sites (tertiary alicyclic amines) is 1. The van der Waals surface area contributed by atoms with Gasteiger partial charge in [0.15, 0.2) is 0 Å². The summed E-state index contributed by atoms with van der Waals surface area (Å²) in [5.74, 6) is 0.417. The smallest absolute Gasteiger partial charge is 0.317 e. The van der Waals surface area contributed by atoms with E-state index in [-0.39, 0.29) is 17.7 Å². The van der Waals surface area contributed by atoms with Crippen LogP contribution in [-0.2, 0) is 6.54 Å². The Kier molecular flexibility index (Phi) is 4.88. The van der Waals surface area contributed by atoms with Gasteiger partial charge in [0, 0.05) is 19.6 Å². The second-order valence-corrected chi connectivity index (χ2v) is 6.08. The molecule has 1 heterocycles. The van der Waals surface area contributed by atoms with E-state index in [1.54, 1.807) is 23.1 Å². The van der Waals surface area contributed by atoms with Crippen LogP contribution in [-0.4, -0.2) is 40.3 Å². The first-order chi connectivity index (χ1) is 9.47. The van der Waals surface area contributed by atoms with Crippen molar-refractivity contribution in [3.8, 4) is 5.75 Å². The highest BCUT2D eigenvalue weighted by Crippen LogP contribution is 2.24. The predicted molar refractivity (Wildman–Crippen MR) is 79.4 cm³/mol. The molecule has 2 unspecified atom stereocenters. The summed E-state index contributed by atoms with van der Waals surface area (Å²) in [6.45, 7) is 3.43. The zero-order valence-electron chi connectivity index (χ0n) is 11.3. The fourth-order valence-electron chi connectivity index (χ4n) is 2.18. The second-order valence-electron chi connectivity index (χ2n) is 5.22. The Bertz CT molecular complexity index is 495. The number of hydrogen-bond acceptors (Lipinski definition) is 3. The van der Waals surface area contributed by atoms with Crippen LogP contribution in [0, 0.1) is 5.92 Å². The molecule has 1 aliphatic rings. The minimum atomic E-state index is -0.447. The lowest BCUT2D eigenvalue weighted by Gasteiger charge is -2.34. The number of piperidine rings is 1. The Morgan fingerprint density at radius 3 is 2.95 bits per heavy atom. The third kappa shape index (κ3) is 3.64. The van der Waals surface area contributed by atoms with E-state index < -0.39 is 6.10 Å². The molecule has 2 atom stereocenters. The Labute approximate surface area is 126 Å². The lowest BCUT2D eigenvalue weighted by molar-refractivity contribution is 0.0435. The van der Waals surface area contributed by atoms with Crippen LogP contribution in [0.4, 0.5) is 4.79 Å². The number of nitrogens with one attached hydrogen (secondary N) is 1. The minimum absolute atomic E-state index is 0.167. The number of benzene rings is 1. The number of phenolic OH excluding ortho intramolecular Hbond substituents is 1. The van der Waals surface area contributed by atoms with Gasteiger partial charge in [0.25, 0.3) is 0 Å². The normalized spacial score (nSPS) is 22.6. The van der Waals surface area contributed by atoms with Gasteiger partial charge in [-0.05, 0) is 46.0 Å². The molecule has 0 aliphatic carbocycles. The number of halogens is 1. The summed E-state index contributed by atoms with van der Waals surface area (Å²) in [4.78, 5) is 13.7. The van der Waals surface area contributed by atoms with Crippen LogP contribution in [0.1, 0.15) is 18.9 Å². The zero-order valence-corrected chi connectivity index (χ0v) is 12.9. The van der Waals surface area contributed by atoms with E-state index >= 15 is 0 Å². The molecule has 1 saturated heterocycles. The number of aromatic hydroxyl groups is 1. The number of phenols is 1. The van der Waals surface area contributed by atoms with Crippen molar-refractivity contribution < 1.29 is 15.0 Å². The van der Waals surface area contributed by atoms with Gasteiger partial charge in [-0.15, -0.1) is 0 Å². The van der Waals surface area contributed by atoms with Crippen LogP contribution < -0.4 is 5.32 Å². The van der Waals surface area contributed by atoms with Crippen LogP contribution in [0.25, 0.3) is 0 Å². The summed E-state index contributed by atoms with van der Waals surface area (Å²) in [6, 6.07) is 4.94. The number of aliphatic hydroxyl groups excluding tert-OH is 1. The quantitative estimate of drug-likeness (QED) is 0.770. The molecule has 2 rings (SSSR count). The SMILES string of the molecule is CC1CCN(C(=O)NCc2ccc(O)c(Br)c2)CC1O. The number of amides is 2. The van der Waals surface area contributed by atoms with Crippen molar-refractivity contribution in [2.24, 2.45) is 5.92 Å². The summed E-state index contributed by atoms with van der Waals surface area (Å²) >= 11 is 3.24. The number of aliphatic hydroxyl groups is 1. The summed E-state index contributed by atoms with van der Waals surface area (Å²) in [5, 5.41) is 22.0. The molecule has 1 aromatic rings. The molecule has 6 heteroatoms. The van der Waals surface area contributed by atoms with Gasteiger partial charge in [-0.25, -0.2) is 4.79 Å². The maximum atomic E-state index is 12.0. The number of nitrogens with zero attached hydrogens (tertiary/aromatic N) is 1.